The lowest BCUT2D eigenvalue weighted by Crippen LogP contribution is -2.24. The van der Waals surface area contributed by atoms with E-state index in [-0.39, 0.29) is 5.91 Å². The van der Waals surface area contributed by atoms with E-state index in [0.717, 1.165) is 23.4 Å². The van der Waals surface area contributed by atoms with Gasteiger partial charge in [0.1, 0.15) is 17.1 Å². The molecule has 28 heavy (non-hydrogen) atoms. The first-order valence-corrected chi connectivity index (χ1v) is 9.02. The minimum absolute atomic E-state index is 0.228. The second-order valence-electron chi connectivity index (χ2n) is 6.29. The van der Waals surface area contributed by atoms with Crippen molar-refractivity contribution >= 4 is 11.6 Å². The summed E-state index contributed by atoms with van der Waals surface area (Å²) >= 11 is 0. The van der Waals surface area contributed by atoms with Crippen LogP contribution in [-0.2, 0) is 13.0 Å². The maximum absolute atomic E-state index is 12.6. The van der Waals surface area contributed by atoms with Gasteiger partial charge in [-0.2, -0.15) is 5.10 Å². The van der Waals surface area contributed by atoms with E-state index in [1.54, 1.807) is 24.0 Å². The van der Waals surface area contributed by atoms with Crippen LogP contribution < -0.4 is 10.1 Å². The number of carbonyl (C=O) groups is 1. The number of hydrogen-bond acceptors (Lipinski definition) is 5. The number of fused-ring (bicyclic) bond motifs is 1. The Labute approximate surface area is 162 Å². The number of carbonyl (C=O) groups excluding carboxylic acids is 1. The van der Waals surface area contributed by atoms with Gasteiger partial charge < -0.3 is 14.5 Å². The summed E-state index contributed by atoms with van der Waals surface area (Å²) in [4.78, 5) is 17.1. The molecule has 4 aromatic rings. The summed E-state index contributed by atoms with van der Waals surface area (Å²) in [7, 11) is 1.62. The van der Waals surface area contributed by atoms with Crippen molar-refractivity contribution in [3.8, 4) is 17.2 Å². The summed E-state index contributed by atoms with van der Waals surface area (Å²) in [6.45, 7) is 2.43. The van der Waals surface area contributed by atoms with Crippen molar-refractivity contribution in [1.82, 2.24) is 19.9 Å². The fourth-order valence-corrected chi connectivity index (χ4v) is 2.97. The van der Waals surface area contributed by atoms with E-state index in [2.05, 4.69) is 15.4 Å². The molecule has 1 amide bonds. The van der Waals surface area contributed by atoms with Gasteiger partial charge in [-0.15, -0.1) is 0 Å². The summed E-state index contributed by atoms with van der Waals surface area (Å²) in [6, 6.07) is 14.8. The molecule has 0 bridgehead atoms. The molecule has 0 atom stereocenters. The smallest absolute Gasteiger partial charge is 0.270 e. The minimum Gasteiger partial charge on any atom is -0.497 e. The molecule has 7 nitrogen and oxygen atoms in total. The molecule has 0 unspecified atom stereocenters. The molecule has 0 fully saturated rings. The first-order valence-electron chi connectivity index (χ1n) is 9.02. The number of nitrogens with one attached hydrogen (secondary N) is 1. The highest BCUT2D eigenvalue weighted by molar-refractivity contribution is 5.92. The molecule has 0 aliphatic carbocycles. The van der Waals surface area contributed by atoms with Gasteiger partial charge in [0.25, 0.3) is 5.91 Å². The van der Waals surface area contributed by atoms with Gasteiger partial charge in [0.2, 0.25) is 0 Å². The van der Waals surface area contributed by atoms with Crippen molar-refractivity contribution in [1.29, 1.82) is 0 Å². The van der Waals surface area contributed by atoms with Crippen LogP contribution in [0, 0.1) is 0 Å². The molecule has 3 heterocycles. The van der Waals surface area contributed by atoms with Crippen molar-refractivity contribution < 1.29 is 13.9 Å². The van der Waals surface area contributed by atoms with Crippen molar-refractivity contribution in [3.63, 3.8) is 0 Å². The fourth-order valence-electron chi connectivity index (χ4n) is 2.97. The molecule has 0 saturated carbocycles. The molecular weight excluding hydrogens is 356 g/mol. The Morgan fingerprint density at radius 1 is 1.21 bits per heavy atom. The Morgan fingerprint density at radius 2 is 2.04 bits per heavy atom. The topological polar surface area (TPSA) is 81.7 Å². The van der Waals surface area contributed by atoms with E-state index in [1.165, 1.54) is 0 Å². The zero-order valence-electron chi connectivity index (χ0n) is 15.7. The van der Waals surface area contributed by atoms with Crippen molar-refractivity contribution in [2.75, 3.05) is 7.11 Å². The number of amides is 1. The van der Waals surface area contributed by atoms with Gasteiger partial charge in [-0.25, -0.2) is 9.50 Å². The molecule has 1 aromatic carbocycles. The average Bonchev–Trinajstić information content (AvgIpc) is 3.41. The lowest BCUT2D eigenvalue weighted by atomic mass is 10.2. The van der Waals surface area contributed by atoms with Gasteiger partial charge in [0.15, 0.2) is 11.4 Å². The molecular formula is C21H20N4O3. The third-order valence-electron chi connectivity index (χ3n) is 4.48. The van der Waals surface area contributed by atoms with E-state index >= 15 is 0 Å². The Morgan fingerprint density at radius 3 is 2.71 bits per heavy atom. The summed E-state index contributed by atoms with van der Waals surface area (Å²) in [5.74, 6) is 1.22. The third-order valence-corrected chi connectivity index (χ3v) is 4.48. The SMILES string of the molecule is CCc1cc(C(=O)NCc2ccc(OC)cc2)nc2cc(-c3ccco3)nn12. The third kappa shape index (κ3) is 3.46. The number of aromatic nitrogens is 3. The van der Waals surface area contributed by atoms with Crippen LogP contribution in [0.4, 0.5) is 0 Å². The molecule has 4 rings (SSSR count). The van der Waals surface area contributed by atoms with Crippen LogP contribution in [0.2, 0.25) is 0 Å². The number of ether oxygens (including phenoxy) is 1. The Balaban J connectivity index is 1.57. The number of benzene rings is 1. The molecule has 0 aliphatic rings. The van der Waals surface area contributed by atoms with Gasteiger partial charge in [0.05, 0.1) is 13.4 Å². The van der Waals surface area contributed by atoms with Crippen molar-refractivity contribution in [2.24, 2.45) is 0 Å². The lowest BCUT2D eigenvalue weighted by molar-refractivity contribution is 0.0946. The van der Waals surface area contributed by atoms with Crippen LogP contribution in [-0.4, -0.2) is 27.6 Å². The molecule has 0 saturated heterocycles. The monoisotopic (exact) mass is 376 g/mol. The van der Waals surface area contributed by atoms with E-state index in [9.17, 15) is 4.79 Å². The molecule has 7 heteroatoms. The Kier molecular flexibility index (Phi) is 4.80. The summed E-state index contributed by atoms with van der Waals surface area (Å²) in [6.07, 6.45) is 2.32. The molecule has 142 valence electrons. The van der Waals surface area contributed by atoms with Gasteiger partial charge >= 0.3 is 0 Å². The van der Waals surface area contributed by atoms with Crippen LogP contribution >= 0.6 is 0 Å². The predicted molar refractivity (Wildman–Crippen MR) is 104 cm³/mol. The molecule has 0 radical (unpaired) electrons. The van der Waals surface area contributed by atoms with Gasteiger partial charge in [-0.05, 0) is 42.3 Å². The van der Waals surface area contributed by atoms with Gasteiger partial charge in [-0.3, -0.25) is 4.79 Å². The molecule has 0 spiro atoms. The number of aryl methyl sites for hydroxylation is 1. The minimum atomic E-state index is -0.228. The van der Waals surface area contributed by atoms with Gasteiger partial charge in [-0.1, -0.05) is 19.1 Å². The maximum atomic E-state index is 12.6. The molecule has 3 aromatic heterocycles. The van der Waals surface area contributed by atoms with Crippen molar-refractivity contribution in [3.05, 3.63) is 71.7 Å². The van der Waals surface area contributed by atoms with Crippen LogP contribution in [0.5, 0.6) is 5.75 Å². The van der Waals surface area contributed by atoms with Gasteiger partial charge in [0, 0.05) is 18.3 Å². The fraction of sp³-hybridized carbons (Fsp3) is 0.190. The van der Waals surface area contributed by atoms with Crippen LogP contribution in [0.25, 0.3) is 17.1 Å². The van der Waals surface area contributed by atoms with Crippen LogP contribution in [0.3, 0.4) is 0 Å². The quantitative estimate of drug-likeness (QED) is 0.557. The molecule has 1 N–H and O–H groups in total. The Hall–Kier alpha value is -3.61. The number of rotatable bonds is 6. The molecule has 0 aliphatic heterocycles. The van der Waals surface area contributed by atoms with E-state index < -0.39 is 0 Å². The first kappa shape index (κ1) is 17.8. The number of hydrogen-bond donors (Lipinski definition) is 1. The normalized spacial score (nSPS) is 10.9. The average molecular weight is 376 g/mol. The second kappa shape index (κ2) is 7.56. The number of nitrogens with zero attached hydrogens (tertiary/aromatic N) is 3. The summed E-state index contributed by atoms with van der Waals surface area (Å²) < 4.78 is 12.3. The van der Waals surface area contributed by atoms with E-state index in [0.29, 0.717) is 29.3 Å². The second-order valence-corrected chi connectivity index (χ2v) is 6.29. The van der Waals surface area contributed by atoms with Crippen LogP contribution in [0.15, 0.2) is 59.2 Å². The highest BCUT2D eigenvalue weighted by Crippen LogP contribution is 2.21. The summed E-state index contributed by atoms with van der Waals surface area (Å²) in [5, 5.41) is 7.47. The van der Waals surface area contributed by atoms with Crippen LogP contribution in [0.1, 0.15) is 28.7 Å². The number of furan rings is 1. The summed E-state index contributed by atoms with van der Waals surface area (Å²) in [5.41, 5.74) is 3.54. The number of methoxy groups -OCH3 is 1. The maximum Gasteiger partial charge on any atom is 0.270 e. The standard InChI is InChI=1S/C21H20N4O3/c1-3-15-11-18(21(26)22-13-14-6-8-16(27-2)9-7-14)23-20-12-17(24-25(15)20)19-5-4-10-28-19/h4-12H,3,13H2,1-2H3,(H,22,26). The van der Waals surface area contributed by atoms with E-state index in [4.69, 9.17) is 9.15 Å². The largest absolute Gasteiger partial charge is 0.497 e. The Bertz CT molecular complexity index is 1100. The zero-order chi connectivity index (χ0) is 19.5. The van der Waals surface area contributed by atoms with E-state index in [1.807, 2.05) is 49.4 Å². The first-order chi connectivity index (χ1) is 13.7. The predicted octanol–water partition coefficient (Wildman–Crippen LogP) is 3.49. The highest BCUT2D eigenvalue weighted by Gasteiger charge is 2.15. The lowest BCUT2D eigenvalue weighted by Gasteiger charge is -2.08. The highest BCUT2D eigenvalue weighted by atomic mass is 16.5. The van der Waals surface area contributed by atoms with Crippen molar-refractivity contribution in [2.45, 2.75) is 19.9 Å². The zero-order valence-corrected chi connectivity index (χ0v) is 15.7.